The summed E-state index contributed by atoms with van der Waals surface area (Å²) < 4.78 is 0. The number of fused-ring (bicyclic) bond motifs is 3. The first-order chi connectivity index (χ1) is 22.4. The van der Waals surface area contributed by atoms with Crippen LogP contribution in [0.4, 0.5) is 0 Å². The summed E-state index contributed by atoms with van der Waals surface area (Å²) in [6, 6.07) is 53.5. The quantitative estimate of drug-likeness (QED) is 0.186. The average Bonchev–Trinajstić information content (AvgIpc) is 3.10. The van der Waals surface area contributed by atoms with Crippen molar-refractivity contribution < 1.29 is 0 Å². The van der Waals surface area contributed by atoms with Crippen LogP contribution in [0, 0.1) is 0 Å². The normalized spacial score (nSPS) is 11.8. The number of hydrogen-bond acceptors (Lipinski definition) is 1. The second-order valence-electron chi connectivity index (χ2n) is 13.3. The van der Waals surface area contributed by atoms with Crippen LogP contribution in [0.15, 0.2) is 158 Å². The molecule has 1 heteroatoms. The maximum Gasteiger partial charge on any atom is 0.0346 e. The maximum absolute atomic E-state index is 4.32. The predicted octanol–water partition coefficient (Wildman–Crippen LogP) is 12.5. The Hall–Kier alpha value is -5.53. The van der Waals surface area contributed by atoms with Crippen molar-refractivity contribution in [1.29, 1.82) is 0 Å². The van der Waals surface area contributed by atoms with Crippen molar-refractivity contribution >= 4 is 32.3 Å². The molecule has 0 radical (unpaired) electrons. The number of rotatable bonds is 4. The van der Waals surface area contributed by atoms with Crippen molar-refractivity contribution in [2.75, 3.05) is 0 Å². The van der Waals surface area contributed by atoms with Gasteiger partial charge in [-0.2, -0.15) is 0 Å². The van der Waals surface area contributed by atoms with E-state index in [0.29, 0.717) is 0 Å². The maximum atomic E-state index is 4.32. The fourth-order valence-corrected chi connectivity index (χ4v) is 6.89. The van der Waals surface area contributed by atoms with Gasteiger partial charge in [0.2, 0.25) is 0 Å². The molecule has 0 aliphatic heterocycles. The molecule has 0 bridgehead atoms. The van der Waals surface area contributed by atoms with Gasteiger partial charge >= 0.3 is 0 Å². The third-order valence-electron chi connectivity index (χ3n) is 9.27. The third kappa shape index (κ3) is 4.95. The van der Waals surface area contributed by atoms with Crippen molar-refractivity contribution in [3.8, 4) is 44.5 Å². The summed E-state index contributed by atoms with van der Waals surface area (Å²) in [6.07, 6.45) is 3.74. The average molecular weight is 590 g/mol. The van der Waals surface area contributed by atoms with Crippen molar-refractivity contribution in [2.45, 2.75) is 26.2 Å². The summed E-state index contributed by atoms with van der Waals surface area (Å²) in [4.78, 5) is 4.32. The highest BCUT2D eigenvalue weighted by atomic mass is 14.6. The van der Waals surface area contributed by atoms with Crippen LogP contribution in [0.3, 0.4) is 0 Å². The lowest BCUT2D eigenvalue weighted by atomic mass is 9.82. The highest BCUT2D eigenvalue weighted by molar-refractivity contribution is 6.21. The highest BCUT2D eigenvalue weighted by Gasteiger charge is 2.19. The molecule has 1 heterocycles. The molecule has 0 aliphatic rings. The second kappa shape index (κ2) is 11.1. The first-order valence-corrected chi connectivity index (χ1v) is 16.0. The summed E-state index contributed by atoms with van der Waals surface area (Å²) in [5.41, 5.74) is 11.2. The number of pyridine rings is 1. The Morgan fingerprint density at radius 1 is 0.391 bits per heavy atom. The van der Waals surface area contributed by atoms with Crippen LogP contribution in [-0.4, -0.2) is 4.98 Å². The van der Waals surface area contributed by atoms with Gasteiger partial charge in [-0.25, -0.2) is 0 Å². The topological polar surface area (TPSA) is 12.9 Å². The molecular formula is C45H35N. The fraction of sp³-hybridized carbons (Fsp3) is 0.0889. The van der Waals surface area contributed by atoms with Gasteiger partial charge in [0.1, 0.15) is 0 Å². The first kappa shape index (κ1) is 28.0. The monoisotopic (exact) mass is 589 g/mol. The van der Waals surface area contributed by atoms with E-state index in [1.54, 1.807) is 0 Å². The lowest BCUT2D eigenvalue weighted by Crippen LogP contribution is -2.10. The number of aromatic nitrogens is 1. The zero-order chi connectivity index (χ0) is 31.3. The van der Waals surface area contributed by atoms with E-state index in [2.05, 4.69) is 165 Å². The summed E-state index contributed by atoms with van der Waals surface area (Å²) in [7, 11) is 0. The molecular weight excluding hydrogens is 555 g/mol. The van der Waals surface area contributed by atoms with Gasteiger partial charge in [-0.1, -0.05) is 142 Å². The Morgan fingerprint density at radius 3 is 1.50 bits per heavy atom. The molecule has 8 aromatic rings. The lowest BCUT2D eigenvalue weighted by molar-refractivity contribution is 0.590. The van der Waals surface area contributed by atoms with Crippen LogP contribution in [0.1, 0.15) is 26.3 Å². The third-order valence-corrected chi connectivity index (χ3v) is 9.27. The SMILES string of the molecule is CC(C)(C)c1cccc(-c2c3ccccc3c(-c3ccc4ccc(-c5cccc(-c6cccnc6)c5)cc4c3)c3ccccc23)c1. The van der Waals surface area contributed by atoms with E-state index in [-0.39, 0.29) is 5.41 Å². The minimum atomic E-state index is 0.0750. The van der Waals surface area contributed by atoms with Gasteiger partial charge in [-0.05, 0) is 107 Å². The zero-order valence-corrected chi connectivity index (χ0v) is 26.5. The summed E-state index contributed by atoms with van der Waals surface area (Å²) in [6.45, 7) is 6.86. The Labute approximate surface area is 270 Å². The molecule has 1 nitrogen and oxygen atoms in total. The molecule has 0 spiro atoms. The smallest absolute Gasteiger partial charge is 0.0346 e. The highest BCUT2D eigenvalue weighted by Crippen LogP contribution is 2.44. The van der Waals surface area contributed by atoms with Gasteiger partial charge in [0, 0.05) is 18.0 Å². The van der Waals surface area contributed by atoms with E-state index in [1.807, 2.05) is 18.5 Å². The fourth-order valence-electron chi connectivity index (χ4n) is 6.89. The van der Waals surface area contributed by atoms with Crippen molar-refractivity contribution in [3.63, 3.8) is 0 Å². The molecule has 0 unspecified atom stereocenters. The van der Waals surface area contributed by atoms with Crippen LogP contribution < -0.4 is 0 Å². The van der Waals surface area contributed by atoms with Crippen molar-refractivity contribution in [2.24, 2.45) is 0 Å². The number of nitrogens with zero attached hydrogens (tertiary/aromatic N) is 1. The Morgan fingerprint density at radius 2 is 0.891 bits per heavy atom. The molecule has 8 rings (SSSR count). The molecule has 0 amide bonds. The summed E-state index contributed by atoms with van der Waals surface area (Å²) >= 11 is 0. The molecule has 0 saturated carbocycles. The van der Waals surface area contributed by atoms with Crippen LogP contribution in [-0.2, 0) is 5.41 Å². The van der Waals surface area contributed by atoms with Gasteiger partial charge in [-0.15, -0.1) is 0 Å². The molecule has 0 N–H and O–H groups in total. The molecule has 220 valence electrons. The Balaban J connectivity index is 1.32. The summed E-state index contributed by atoms with van der Waals surface area (Å²) in [5, 5.41) is 7.58. The first-order valence-electron chi connectivity index (χ1n) is 16.0. The van der Waals surface area contributed by atoms with Crippen LogP contribution in [0.5, 0.6) is 0 Å². The van der Waals surface area contributed by atoms with Gasteiger partial charge in [0.25, 0.3) is 0 Å². The van der Waals surface area contributed by atoms with Crippen molar-refractivity contribution in [1.82, 2.24) is 4.98 Å². The van der Waals surface area contributed by atoms with E-state index < -0.39 is 0 Å². The molecule has 46 heavy (non-hydrogen) atoms. The van der Waals surface area contributed by atoms with Crippen LogP contribution >= 0.6 is 0 Å². The molecule has 1 aromatic heterocycles. The molecule has 0 aliphatic carbocycles. The summed E-state index contributed by atoms with van der Waals surface area (Å²) in [5.74, 6) is 0. The standard InChI is InChI=1S/C45H35N/c1-45(2,3)38-15-9-13-34(28-38)43-39-16-4-6-18-41(39)44(42-19-7-5-17-40(42)43)35-23-21-30-20-22-33(26-37(30)27-35)31-11-8-12-32(25-31)36-14-10-24-46-29-36/h4-29H,1-3H3. The van der Waals surface area contributed by atoms with Gasteiger partial charge in [-0.3, -0.25) is 4.98 Å². The largest absolute Gasteiger partial charge is 0.264 e. The molecule has 0 atom stereocenters. The van der Waals surface area contributed by atoms with E-state index in [1.165, 1.54) is 76.8 Å². The van der Waals surface area contributed by atoms with Crippen LogP contribution in [0.2, 0.25) is 0 Å². The molecule has 0 fully saturated rings. The van der Waals surface area contributed by atoms with Crippen LogP contribution in [0.25, 0.3) is 76.8 Å². The minimum absolute atomic E-state index is 0.0750. The second-order valence-corrected chi connectivity index (χ2v) is 13.3. The number of benzene rings is 7. The van der Waals surface area contributed by atoms with Gasteiger partial charge in [0.15, 0.2) is 0 Å². The van der Waals surface area contributed by atoms with E-state index >= 15 is 0 Å². The number of hydrogen-bond donors (Lipinski definition) is 0. The predicted molar refractivity (Wildman–Crippen MR) is 197 cm³/mol. The Kier molecular flexibility index (Phi) is 6.76. The Bertz CT molecular complexity index is 2340. The lowest BCUT2D eigenvalue weighted by Gasteiger charge is -2.22. The van der Waals surface area contributed by atoms with E-state index in [4.69, 9.17) is 0 Å². The zero-order valence-electron chi connectivity index (χ0n) is 26.5. The van der Waals surface area contributed by atoms with Crippen molar-refractivity contribution in [3.05, 3.63) is 164 Å². The van der Waals surface area contributed by atoms with Gasteiger partial charge in [0.05, 0.1) is 0 Å². The van der Waals surface area contributed by atoms with E-state index in [0.717, 1.165) is 5.56 Å². The van der Waals surface area contributed by atoms with Gasteiger partial charge < -0.3 is 0 Å². The molecule has 0 saturated heterocycles. The molecule has 7 aromatic carbocycles. The van der Waals surface area contributed by atoms with E-state index in [9.17, 15) is 0 Å². The minimum Gasteiger partial charge on any atom is -0.264 e.